The van der Waals surface area contributed by atoms with Crippen molar-refractivity contribution < 1.29 is 9.47 Å². The van der Waals surface area contributed by atoms with E-state index in [0.717, 1.165) is 39.3 Å². The molecule has 2 fully saturated rings. The first-order valence-electron chi connectivity index (χ1n) is 6.65. The Bertz CT molecular complexity index is 264. The molecule has 0 aromatic heterocycles. The van der Waals surface area contributed by atoms with E-state index < -0.39 is 0 Å². The second-order valence-electron chi connectivity index (χ2n) is 6.15. The van der Waals surface area contributed by atoms with Crippen molar-refractivity contribution in [1.82, 2.24) is 4.90 Å². The van der Waals surface area contributed by atoms with Crippen LogP contribution in [0.1, 0.15) is 27.2 Å². The van der Waals surface area contributed by atoms with Crippen molar-refractivity contribution in [3.05, 3.63) is 0 Å². The number of morpholine rings is 1. The van der Waals surface area contributed by atoms with E-state index >= 15 is 0 Å². The van der Waals surface area contributed by atoms with E-state index in [-0.39, 0.29) is 11.1 Å². The molecule has 2 aliphatic heterocycles. The van der Waals surface area contributed by atoms with Crippen LogP contribution in [0.25, 0.3) is 0 Å². The molecule has 0 radical (unpaired) electrons. The van der Waals surface area contributed by atoms with Gasteiger partial charge < -0.3 is 15.2 Å². The lowest BCUT2D eigenvalue weighted by molar-refractivity contribution is -0.122. The first-order chi connectivity index (χ1) is 7.98. The lowest BCUT2D eigenvalue weighted by atomic mass is 9.82. The van der Waals surface area contributed by atoms with E-state index in [1.54, 1.807) is 0 Å². The zero-order chi connectivity index (χ0) is 12.5. The molecule has 0 amide bonds. The average Bonchev–Trinajstić information content (AvgIpc) is 2.80. The summed E-state index contributed by atoms with van der Waals surface area (Å²) in [4.78, 5) is 2.51. The SMILES string of the molecule is CC1(C)CN(C(C)(CN)C2CCOC2)CCO1. The molecule has 2 saturated heterocycles. The van der Waals surface area contributed by atoms with Crippen LogP contribution in [0.5, 0.6) is 0 Å². The van der Waals surface area contributed by atoms with Crippen LogP contribution in [0.15, 0.2) is 0 Å². The Hall–Kier alpha value is -0.160. The van der Waals surface area contributed by atoms with Gasteiger partial charge >= 0.3 is 0 Å². The quantitative estimate of drug-likeness (QED) is 0.797. The summed E-state index contributed by atoms with van der Waals surface area (Å²) in [6, 6.07) is 0. The van der Waals surface area contributed by atoms with Gasteiger partial charge in [0.1, 0.15) is 0 Å². The fourth-order valence-electron chi connectivity index (χ4n) is 3.03. The fraction of sp³-hybridized carbons (Fsp3) is 1.00. The summed E-state index contributed by atoms with van der Waals surface area (Å²) in [6.45, 7) is 11.8. The predicted molar refractivity (Wildman–Crippen MR) is 68.0 cm³/mol. The minimum atomic E-state index is -0.0614. The molecule has 2 heterocycles. The Balaban J connectivity index is 2.10. The molecule has 0 saturated carbocycles. The second-order valence-corrected chi connectivity index (χ2v) is 6.15. The van der Waals surface area contributed by atoms with E-state index in [0.29, 0.717) is 12.5 Å². The number of nitrogens with two attached hydrogens (primary N) is 1. The van der Waals surface area contributed by atoms with Gasteiger partial charge in [-0.25, -0.2) is 0 Å². The summed E-state index contributed by atoms with van der Waals surface area (Å²) >= 11 is 0. The predicted octanol–water partition coefficient (Wildman–Crippen LogP) is 0.851. The molecule has 0 bridgehead atoms. The maximum absolute atomic E-state index is 6.07. The van der Waals surface area contributed by atoms with Crippen molar-refractivity contribution >= 4 is 0 Å². The third-order valence-electron chi connectivity index (χ3n) is 4.37. The van der Waals surface area contributed by atoms with Crippen LogP contribution < -0.4 is 5.73 Å². The van der Waals surface area contributed by atoms with Crippen molar-refractivity contribution in [1.29, 1.82) is 0 Å². The van der Waals surface area contributed by atoms with Crippen LogP contribution in [0.4, 0.5) is 0 Å². The van der Waals surface area contributed by atoms with Crippen LogP contribution in [0.2, 0.25) is 0 Å². The molecule has 17 heavy (non-hydrogen) atoms. The average molecular weight is 242 g/mol. The van der Waals surface area contributed by atoms with E-state index in [9.17, 15) is 0 Å². The van der Waals surface area contributed by atoms with Gasteiger partial charge in [0, 0.05) is 37.7 Å². The lowest BCUT2D eigenvalue weighted by Gasteiger charge is -2.50. The lowest BCUT2D eigenvalue weighted by Crippen LogP contribution is -2.63. The van der Waals surface area contributed by atoms with Crippen molar-refractivity contribution in [3.8, 4) is 0 Å². The van der Waals surface area contributed by atoms with Gasteiger partial charge in [-0.2, -0.15) is 0 Å². The molecule has 0 aliphatic carbocycles. The minimum Gasteiger partial charge on any atom is -0.381 e. The van der Waals surface area contributed by atoms with Crippen molar-refractivity contribution in [2.45, 2.75) is 38.3 Å². The van der Waals surface area contributed by atoms with Gasteiger partial charge in [-0.3, -0.25) is 4.90 Å². The highest BCUT2D eigenvalue weighted by Crippen LogP contribution is 2.33. The van der Waals surface area contributed by atoms with E-state index in [1.165, 1.54) is 0 Å². The van der Waals surface area contributed by atoms with E-state index in [2.05, 4.69) is 25.7 Å². The van der Waals surface area contributed by atoms with Crippen LogP contribution in [0, 0.1) is 5.92 Å². The van der Waals surface area contributed by atoms with Crippen molar-refractivity contribution in [2.24, 2.45) is 11.7 Å². The first-order valence-corrected chi connectivity index (χ1v) is 6.65. The highest BCUT2D eigenvalue weighted by Gasteiger charge is 2.43. The zero-order valence-corrected chi connectivity index (χ0v) is 11.4. The standard InChI is InChI=1S/C13H26N2O2/c1-12(2)10-15(5-7-17-12)13(3,9-14)11-4-6-16-8-11/h11H,4-10,14H2,1-3H3. The number of nitrogens with zero attached hydrogens (tertiary/aromatic N) is 1. The molecule has 2 rings (SSSR count). The van der Waals surface area contributed by atoms with E-state index in [1.807, 2.05) is 0 Å². The molecule has 2 aliphatic rings. The molecule has 2 N–H and O–H groups in total. The van der Waals surface area contributed by atoms with Gasteiger partial charge in [-0.05, 0) is 27.2 Å². The monoisotopic (exact) mass is 242 g/mol. The zero-order valence-electron chi connectivity index (χ0n) is 11.4. The third kappa shape index (κ3) is 2.65. The highest BCUT2D eigenvalue weighted by atomic mass is 16.5. The Morgan fingerprint density at radius 2 is 2.18 bits per heavy atom. The first kappa shape index (κ1) is 13.3. The number of hydrogen-bond acceptors (Lipinski definition) is 4. The second kappa shape index (κ2) is 4.84. The van der Waals surface area contributed by atoms with Crippen LogP contribution in [-0.2, 0) is 9.47 Å². The molecule has 4 nitrogen and oxygen atoms in total. The largest absolute Gasteiger partial charge is 0.381 e. The summed E-state index contributed by atoms with van der Waals surface area (Å²) < 4.78 is 11.3. The summed E-state index contributed by atoms with van der Waals surface area (Å²) in [7, 11) is 0. The molecule has 4 heteroatoms. The summed E-state index contributed by atoms with van der Waals surface area (Å²) in [6.07, 6.45) is 1.13. The molecule has 0 aromatic rings. The van der Waals surface area contributed by atoms with Gasteiger partial charge in [-0.15, -0.1) is 0 Å². The van der Waals surface area contributed by atoms with Crippen LogP contribution in [0.3, 0.4) is 0 Å². The summed E-state index contributed by atoms with van der Waals surface area (Å²) in [5.41, 5.74) is 6.06. The molecule has 0 aromatic carbocycles. The maximum atomic E-state index is 6.07. The minimum absolute atomic E-state index is 0.0531. The smallest absolute Gasteiger partial charge is 0.0753 e. The Kier molecular flexibility index (Phi) is 3.78. The Morgan fingerprint density at radius 1 is 1.41 bits per heavy atom. The number of hydrogen-bond donors (Lipinski definition) is 1. The number of rotatable bonds is 3. The molecule has 100 valence electrons. The Morgan fingerprint density at radius 3 is 2.71 bits per heavy atom. The molecular weight excluding hydrogens is 216 g/mol. The van der Waals surface area contributed by atoms with E-state index in [4.69, 9.17) is 15.2 Å². The van der Waals surface area contributed by atoms with Crippen molar-refractivity contribution in [2.75, 3.05) is 39.5 Å². The van der Waals surface area contributed by atoms with Crippen molar-refractivity contribution in [3.63, 3.8) is 0 Å². The fourth-order valence-corrected chi connectivity index (χ4v) is 3.03. The van der Waals surface area contributed by atoms with Gasteiger partial charge in [0.05, 0.1) is 18.8 Å². The highest BCUT2D eigenvalue weighted by molar-refractivity contribution is 4.98. The number of ether oxygens (including phenoxy) is 2. The molecular formula is C13H26N2O2. The normalized spacial score (nSPS) is 33.5. The van der Waals surface area contributed by atoms with Gasteiger partial charge in [0.25, 0.3) is 0 Å². The molecule has 0 spiro atoms. The van der Waals surface area contributed by atoms with Crippen LogP contribution >= 0.6 is 0 Å². The molecule has 2 unspecified atom stereocenters. The Labute approximate surface area is 104 Å². The maximum Gasteiger partial charge on any atom is 0.0753 e. The molecule has 2 atom stereocenters. The topological polar surface area (TPSA) is 47.7 Å². The summed E-state index contributed by atoms with van der Waals surface area (Å²) in [5, 5.41) is 0. The van der Waals surface area contributed by atoms with Gasteiger partial charge in [0.2, 0.25) is 0 Å². The third-order valence-corrected chi connectivity index (χ3v) is 4.37. The van der Waals surface area contributed by atoms with Gasteiger partial charge in [0.15, 0.2) is 0 Å². The van der Waals surface area contributed by atoms with Crippen LogP contribution in [-0.4, -0.2) is 55.5 Å². The van der Waals surface area contributed by atoms with Gasteiger partial charge in [-0.1, -0.05) is 0 Å². The summed E-state index contributed by atoms with van der Waals surface area (Å²) in [5.74, 6) is 0.557.